The normalized spacial score (nSPS) is 13.8. The van der Waals surface area contributed by atoms with Crippen LogP contribution in [0.15, 0.2) is 24.3 Å². The lowest BCUT2D eigenvalue weighted by Crippen LogP contribution is -2.51. The number of hydrogen-bond donors (Lipinski definition) is 2. The Kier molecular flexibility index (Phi) is 6.52. The van der Waals surface area contributed by atoms with Crippen LogP contribution in [0.4, 0.5) is 0 Å². The van der Waals surface area contributed by atoms with Crippen molar-refractivity contribution in [3.63, 3.8) is 0 Å². The molecule has 0 aliphatic carbocycles. The highest BCUT2D eigenvalue weighted by Crippen LogP contribution is 2.15. The lowest BCUT2D eigenvalue weighted by atomic mass is 9.95. The summed E-state index contributed by atoms with van der Waals surface area (Å²) in [6.07, 6.45) is 3.68. The van der Waals surface area contributed by atoms with Crippen molar-refractivity contribution >= 4 is 5.91 Å². The fourth-order valence-corrected chi connectivity index (χ4v) is 2.03. The average molecular weight is 278 g/mol. The van der Waals surface area contributed by atoms with E-state index < -0.39 is 5.54 Å². The largest absolute Gasteiger partial charge is 0.494 e. The molecule has 20 heavy (non-hydrogen) atoms. The molecule has 0 spiro atoms. The summed E-state index contributed by atoms with van der Waals surface area (Å²) in [5.74, 6) is 0.541. The lowest BCUT2D eigenvalue weighted by molar-refractivity contribution is -0.123. The Balaban J connectivity index is 2.35. The maximum Gasteiger partial charge on any atom is 0.237 e. The topological polar surface area (TPSA) is 64.3 Å². The SMILES string of the molecule is CCCc1ccc(OCCCC(C)(NC)C(N)=O)cc1. The van der Waals surface area contributed by atoms with Crippen molar-refractivity contribution in [2.75, 3.05) is 13.7 Å². The molecule has 1 unspecified atom stereocenters. The van der Waals surface area contributed by atoms with Crippen LogP contribution in [0.2, 0.25) is 0 Å². The van der Waals surface area contributed by atoms with Gasteiger partial charge in [-0.25, -0.2) is 0 Å². The summed E-state index contributed by atoms with van der Waals surface area (Å²) in [6, 6.07) is 8.19. The minimum absolute atomic E-state index is 0.330. The van der Waals surface area contributed by atoms with Gasteiger partial charge in [0.25, 0.3) is 0 Å². The fourth-order valence-electron chi connectivity index (χ4n) is 2.03. The number of rotatable bonds is 9. The molecule has 0 aliphatic heterocycles. The van der Waals surface area contributed by atoms with Gasteiger partial charge in [0.2, 0.25) is 5.91 Å². The molecule has 1 atom stereocenters. The van der Waals surface area contributed by atoms with E-state index in [1.807, 2.05) is 19.1 Å². The van der Waals surface area contributed by atoms with Crippen LogP contribution < -0.4 is 15.8 Å². The second-order valence-electron chi connectivity index (χ2n) is 5.29. The van der Waals surface area contributed by atoms with Crippen molar-refractivity contribution in [3.8, 4) is 5.75 Å². The molecule has 0 aromatic heterocycles. The van der Waals surface area contributed by atoms with E-state index in [2.05, 4.69) is 24.4 Å². The van der Waals surface area contributed by atoms with Gasteiger partial charge in [0.1, 0.15) is 5.75 Å². The van der Waals surface area contributed by atoms with Gasteiger partial charge in [-0.1, -0.05) is 25.5 Å². The molecule has 1 aromatic carbocycles. The van der Waals surface area contributed by atoms with Crippen LogP contribution in [-0.4, -0.2) is 25.1 Å². The van der Waals surface area contributed by atoms with E-state index in [4.69, 9.17) is 10.5 Å². The number of likely N-dealkylation sites (N-methyl/N-ethyl adjacent to an activating group) is 1. The first kappa shape index (κ1) is 16.5. The second-order valence-corrected chi connectivity index (χ2v) is 5.29. The van der Waals surface area contributed by atoms with Crippen LogP contribution in [0, 0.1) is 0 Å². The molecule has 1 amide bonds. The summed E-state index contributed by atoms with van der Waals surface area (Å²) in [5, 5.41) is 2.97. The van der Waals surface area contributed by atoms with Crippen LogP contribution in [0.5, 0.6) is 5.75 Å². The van der Waals surface area contributed by atoms with Crippen molar-refractivity contribution in [1.29, 1.82) is 0 Å². The van der Waals surface area contributed by atoms with Gasteiger partial charge in [-0.15, -0.1) is 0 Å². The Morgan fingerprint density at radius 2 is 2.00 bits per heavy atom. The van der Waals surface area contributed by atoms with Gasteiger partial charge in [-0.2, -0.15) is 0 Å². The first-order valence-corrected chi connectivity index (χ1v) is 7.22. The third kappa shape index (κ3) is 4.85. The fraction of sp³-hybridized carbons (Fsp3) is 0.562. The summed E-state index contributed by atoms with van der Waals surface area (Å²) < 4.78 is 5.68. The van der Waals surface area contributed by atoms with E-state index in [1.54, 1.807) is 7.05 Å². The Hall–Kier alpha value is -1.55. The third-order valence-electron chi connectivity index (χ3n) is 3.65. The van der Waals surface area contributed by atoms with Gasteiger partial charge < -0.3 is 15.8 Å². The molecule has 0 fully saturated rings. The number of nitrogens with one attached hydrogen (secondary N) is 1. The summed E-state index contributed by atoms with van der Waals surface area (Å²) in [5.41, 5.74) is 6.05. The smallest absolute Gasteiger partial charge is 0.237 e. The zero-order valence-electron chi connectivity index (χ0n) is 12.7. The van der Waals surface area contributed by atoms with Crippen molar-refractivity contribution < 1.29 is 9.53 Å². The number of hydrogen-bond acceptors (Lipinski definition) is 3. The number of nitrogens with two attached hydrogens (primary N) is 1. The molecule has 1 rings (SSSR count). The van der Waals surface area contributed by atoms with E-state index in [0.29, 0.717) is 13.0 Å². The summed E-state index contributed by atoms with van der Waals surface area (Å²) >= 11 is 0. The Labute approximate surface area is 121 Å². The highest BCUT2D eigenvalue weighted by Gasteiger charge is 2.27. The first-order chi connectivity index (χ1) is 9.51. The predicted molar refractivity (Wildman–Crippen MR) is 81.8 cm³/mol. The Morgan fingerprint density at radius 3 is 2.50 bits per heavy atom. The van der Waals surface area contributed by atoms with E-state index in [0.717, 1.165) is 25.0 Å². The standard InChI is InChI=1S/C16H26N2O2/c1-4-6-13-7-9-14(10-8-13)20-12-5-11-16(2,18-3)15(17)19/h7-10,18H,4-6,11-12H2,1-3H3,(H2,17,19). The maximum atomic E-state index is 11.3. The van der Waals surface area contributed by atoms with Crippen LogP contribution in [0.3, 0.4) is 0 Å². The molecule has 0 saturated heterocycles. The van der Waals surface area contributed by atoms with Crippen molar-refractivity contribution in [2.24, 2.45) is 5.73 Å². The summed E-state index contributed by atoms with van der Waals surface area (Å²) in [6.45, 7) is 4.56. The van der Waals surface area contributed by atoms with Gasteiger partial charge in [-0.3, -0.25) is 4.79 Å². The molecule has 4 heteroatoms. The zero-order valence-corrected chi connectivity index (χ0v) is 12.7. The Bertz CT molecular complexity index is 417. The molecule has 0 saturated carbocycles. The molecule has 0 aliphatic rings. The van der Waals surface area contributed by atoms with Gasteiger partial charge in [0, 0.05) is 0 Å². The zero-order chi connectivity index (χ0) is 15.0. The number of ether oxygens (including phenoxy) is 1. The van der Waals surface area contributed by atoms with Gasteiger partial charge >= 0.3 is 0 Å². The highest BCUT2D eigenvalue weighted by molar-refractivity contribution is 5.84. The van der Waals surface area contributed by atoms with Gasteiger partial charge in [0.05, 0.1) is 12.1 Å². The van der Waals surface area contributed by atoms with Crippen molar-refractivity contribution in [3.05, 3.63) is 29.8 Å². The van der Waals surface area contributed by atoms with E-state index in [9.17, 15) is 4.79 Å². The number of primary amides is 1. The third-order valence-corrected chi connectivity index (χ3v) is 3.65. The number of benzene rings is 1. The van der Waals surface area contributed by atoms with E-state index >= 15 is 0 Å². The predicted octanol–water partition coefficient (Wildman–Crippen LogP) is 2.26. The highest BCUT2D eigenvalue weighted by atomic mass is 16.5. The summed E-state index contributed by atoms with van der Waals surface area (Å²) in [4.78, 5) is 11.3. The molecule has 4 nitrogen and oxygen atoms in total. The average Bonchev–Trinajstić information content (AvgIpc) is 2.45. The van der Waals surface area contributed by atoms with Crippen LogP contribution in [-0.2, 0) is 11.2 Å². The number of carbonyl (C=O) groups excluding carboxylic acids is 1. The van der Waals surface area contributed by atoms with E-state index in [1.165, 1.54) is 5.56 Å². The monoisotopic (exact) mass is 278 g/mol. The van der Waals surface area contributed by atoms with Crippen LogP contribution >= 0.6 is 0 Å². The first-order valence-electron chi connectivity index (χ1n) is 7.22. The number of amides is 1. The molecular weight excluding hydrogens is 252 g/mol. The number of carbonyl (C=O) groups is 1. The minimum Gasteiger partial charge on any atom is -0.494 e. The molecule has 0 bridgehead atoms. The van der Waals surface area contributed by atoms with Crippen LogP contribution in [0.1, 0.15) is 38.7 Å². The van der Waals surface area contributed by atoms with Crippen molar-refractivity contribution in [1.82, 2.24) is 5.32 Å². The lowest BCUT2D eigenvalue weighted by Gasteiger charge is -2.25. The molecular formula is C16H26N2O2. The quantitative estimate of drug-likeness (QED) is 0.681. The Morgan fingerprint density at radius 1 is 1.35 bits per heavy atom. The molecule has 0 radical (unpaired) electrons. The number of aryl methyl sites for hydroxylation is 1. The molecule has 1 aromatic rings. The van der Waals surface area contributed by atoms with Gasteiger partial charge in [0.15, 0.2) is 0 Å². The minimum atomic E-state index is -0.658. The van der Waals surface area contributed by atoms with Gasteiger partial charge in [-0.05, 0) is 50.9 Å². The summed E-state index contributed by atoms with van der Waals surface area (Å²) in [7, 11) is 1.75. The second kappa shape index (κ2) is 7.90. The van der Waals surface area contributed by atoms with Crippen LogP contribution in [0.25, 0.3) is 0 Å². The molecule has 112 valence electrons. The molecule has 0 heterocycles. The maximum absolute atomic E-state index is 11.3. The molecule has 3 N–H and O–H groups in total. The van der Waals surface area contributed by atoms with Crippen molar-refractivity contribution in [2.45, 2.75) is 45.1 Å². The van der Waals surface area contributed by atoms with E-state index in [-0.39, 0.29) is 5.91 Å².